The predicted octanol–water partition coefficient (Wildman–Crippen LogP) is 1.11. The van der Waals surface area contributed by atoms with Gasteiger partial charge in [-0.2, -0.15) is 0 Å². The Morgan fingerprint density at radius 1 is 1.33 bits per heavy atom. The number of likely N-dealkylation sites (tertiary alicyclic amines) is 1. The molecule has 1 N–H and O–H groups in total. The van der Waals surface area contributed by atoms with Gasteiger partial charge in [0.15, 0.2) is 0 Å². The molecule has 0 radical (unpaired) electrons. The van der Waals surface area contributed by atoms with Crippen LogP contribution in [0.3, 0.4) is 0 Å². The summed E-state index contributed by atoms with van der Waals surface area (Å²) in [4.78, 5) is 38.6. The van der Waals surface area contributed by atoms with Gasteiger partial charge in [0.2, 0.25) is 5.91 Å². The van der Waals surface area contributed by atoms with Crippen molar-refractivity contribution in [2.24, 2.45) is 0 Å². The van der Waals surface area contributed by atoms with Gasteiger partial charge in [0, 0.05) is 23.7 Å². The van der Waals surface area contributed by atoms with Crippen LogP contribution in [-0.2, 0) is 4.79 Å². The van der Waals surface area contributed by atoms with Gasteiger partial charge in [-0.15, -0.1) is 0 Å². The fraction of sp³-hybridized carbons (Fsp3) is 0.357. The molecule has 6 nitrogen and oxygen atoms in total. The highest BCUT2D eigenvalue weighted by atomic mass is 35.5. The Morgan fingerprint density at radius 3 is 2.81 bits per heavy atom. The van der Waals surface area contributed by atoms with Gasteiger partial charge in [0.1, 0.15) is 0 Å². The lowest BCUT2D eigenvalue weighted by Gasteiger charge is -2.21. The normalized spacial score (nSPS) is 21.9. The van der Waals surface area contributed by atoms with Gasteiger partial charge in [0.05, 0.1) is 12.6 Å². The van der Waals surface area contributed by atoms with E-state index >= 15 is 0 Å². The summed E-state index contributed by atoms with van der Waals surface area (Å²) in [6.45, 7) is 0.926. The molecule has 0 saturated carbocycles. The zero-order valence-corrected chi connectivity index (χ0v) is 12.0. The summed E-state index contributed by atoms with van der Waals surface area (Å²) in [7, 11) is 0. The number of halogens is 1. The molecule has 7 heteroatoms. The molecule has 1 aromatic rings. The van der Waals surface area contributed by atoms with Crippen LogP contribution in [0.4, 0.5) is 4.79 Å². The number of rotatable bonds is 2. The van der Waals surface area contributed by atoms with Gasteiger partial charge in [-0.25, -0.2) is 4.79 Å². The minimum Gasteiger partial charge on any atom is -0.336 e. The Bertz CT molecular complexity index is 603. The highest BCUT2D eigenvalue weighted by Gasteiger charge is 2.39. The first kappa shape index (κ1) is 13.9. The molecule has 2 heterocycles. The molecule has 2 aliphatic heterocycles. The van der Waals surface area contributed by atoms with E-state index in [4.69, 9.17) is 11.6 Å². The van der Waals surface area contributed by atoms with Crippen LogP contribution in [0.2, 0.25) is 5.02 Å². The van der Waals surface area contributed by atoms with Crippen LogP contribution in [0.25, 0.3) is 0 Å². The maximum absolute atomic E-state index is 12.4. The third-order valence-electron chi connectivity index (χ3n) is 3.77. The highest BCUT2D eigenvalue weighted by molar-refractivity contribution is 6.30. The minimum absolute atomic E-state index is 0.0393. The van der Waals surface area contributed by atoms with Gasteiger partial charge < -0.3 is 10.2 Å². The van der Waals surface area contributed by atoms with Crippen molar-refractivity contribution >= 4 is 29.4 Å². The molecule has 0 bridgehead atoms. The van der Waals surface area contributed by atoms with Gasteiger partial charge in [-0.05, 0) is 24.6 Å². The number of amides is 4. The van der Waals surface area contributed by atoms with Crippen molar-refractivity contribution in [3.8, 4) is 0 Å². The second-order valence-corrected chi connectivity index (χ2v) is 5.56. The van der Waals surface area contributed by atoms with Crippen LogP contribution in [0.15, 0.2) is 24.3 Å². The van der Waals surface area contributed by atoms with Crippen LogP contribution in [-0.4, -0.2) is 53.3 Å². The maximum atomic E-state index is 12.4. The lowest BCUT2D eigenvalue weighted by Crippen LogP contribution is -2.42. The lowest BCUT2D eigenvalue weighted by molar-refractivity contribution is -0.126. The highest BCUT2D eigenvalue weighted by Crippen LogP contribution is 2.21. The zero-order chi connectivity index (χ0) is 15.0. The van der Waals surface area contributed by atoms with Gasteiger partial charge in [0.25, 0.3) is 5.91 Å². The SMILES string of the molecule is O=C(c1cccc(Cl)c1)N1CCC(N2C(=O)CNC2=O)C1. The second-order valence-electron chi connectivity index (χ2n) is 5.13. The molecule has 0 aromatic heterocycles. The summed E-state index contributed by atoms with van der Waals surface area (Å²) in [5.41, 5.74) is 0.514. The number of hydrogen-bond donors (Lipinski definition) is 1. The molecule has 2 saturated heterocycles. The van der Waals surface area contributed by atoms with E-state index in [1.165, 1.54) is 4.90 Å². The molecule has 2 fully saturated rings. The van der Waals surface area contributed by atoms with E-state index in [1.54, 1.807) is 29.2 Å². The Kier molecular flexibility index (Phi) is 3.55. The van der Waals surface area contributed by atoms with Crippen LogP contribution >= 0.6 is 11.6 Å². The zero-order valence-electron chi connectivity index (χ0n) is 11.2. The quantitative estimate of drug-likeness (QED) is 0.832. The number of carbonyl (C=O) groups is 3. The molecule has 1 unspecified atom stereocenters. The first-order valence-corrected chi connectivity index (χ1v) is 7.09. The topological polar surface area (TPSA) is 69.7 Å². The van der Waals surface area contributed by atoms with Gasteiger partial charge >= 0.3 is 6.03 Å². The fourth-order valence-electron chi connectivity index (χ4n) is 2.75. The van der Waals surface area contributed by atoms with Crippen molar-refractivity contribution in [3.05, 3.63) is 34.9 Å². The van der Waals surface area contributed by atoms with Crippen LogP contribution in [0.1, 0.15) is 16.8 Å². The third kappa shape index (κ3) is 2.58. The van der Waals surface area contributed by atoms with E-state index < -0.39 is 0 Å². The van der Waals surface area contributed by atoms with Gasteiger partial charge in [-0.3, -0.25) is 14.5 Å². The molecule has 0 spiro atoms. The number of urea groups is 1. The Labute approximate surface area is 126 Å². The van der Waals surface area contributed by atoms with Crippen LogP contribution in [0, 0.1) is 0 Å². The van der Waals surface area contributed by atoms with Crippen LogP contribution in [0.5, 0.6) is 0 Å². The molecule has 1 atom stereocenters. The Balaban J connectivity index is 1.71. The lowest BCUT2D eigenvalue weighted by atomic mass is 10.2. The summed E-state index contributed by atoms with van der Waals surface area (Å²) in [6.07, 6.45) is 0.603. The number of benzene rings is 1. The van der Waals surface area contributed by atoms with E-state index in [0.717, 1.165) is 0 Å². The number of nitrogens with zero attached hydrogens (tertiary/aromatic N) is 2. The van der Waals surface area contributed by atoms with Crippen molar-refractivity contribution in [1.82, 2.24) is 15.1 Å². The van der Waals surface area contributed by atoms with Crippen molar-refractivity contribution < 1.29 is 14.4 Å². The van der Waals surface area contributed by atoms with Crippen LogP contribution < -0.4 is 5.32 Å². The average molecular weight is 308 g/mol. The number of carbonyl (C=O) groups excluding carboxylic acids is 3. The standard InChI is InChI=1S/C14H14ClN3O3/c15-10-3-1-2-9(6-10)13(20)17-5-4-11(8-17)18-12(19)7-16-14(18)21/h1-3,6,11H,4-5,7-8H2,(H,16,21). The van der Waals surface area contributed by atoms with Crippen molar-refractivity contribution in [2.45, 2.75) is 12.5 Å². The Hall–Kier alpha value is -2.08. The van der Waals surface area contributed by atoms with Crippen molar-refractivity contribution in [1.29, 1.82) is 0 Å². The molecule has 2 aliphatic rings. The van der Waals surface area contributed by atoms with E-state index in [2.05, 4.69) is 5.32 Å². The molecule has 3 rings (SSSR count). The number of hydrogen-bond acceptors (Lipinski definition) is 3. The molecular weight excluding hydrogens is 294 g/mol. The van der Waals surface area contributed by atoms with E-state index in [9.17, 15) is 14.4 Å². The summed E-state index contributed by atoms with van der Waals surface area (Å²) in [5, 5.41) is 3.00. The summed E-state index contributed by atoms with van der Waals surface area (Å²) < 4.78 is 0. The summed E-state index contributed by atoms with van der Waals surface area (Å²) in [5.74, 6) is -0.367. The molecule has 110 valence electrons. The summed E-state index contributed by atoms with van der Waals surface area (Å²) in [6, 6.07) is 6.13. The predicted molar refractivity (Wildman–Crippen MR) is 76.0 cm³/mol. The number of imide groups is 1. The largest absolute Gasteiger partial charge is 0.336 e. The first-order valence-electron chi connectivity index (χ1n) is 6.71. The van der Waals surface area contributed by atoms with E-state index in [1.807, 2.05) is 0 Å². The minimum atomic E-state index is -0.373. The fourth-order valence-corrected chi connectivity index (χ4v) is 2.94. The summed E-state index contributed by atoms with van der Waals surface area (Å²) >= 11 is 5.89. The molecule has 0 aliphatic carbocycles. The molecular formula is C14H14ClN3O3. The molecule has 1 aromatic carbocycles. The van der Waals surface area contributed by atoms with Gasteiger partial charge in [-0.1, -0.05) is 17.7 Å². The van der Waals surface area contributed by atoms with Crippen molar-refractivity contribution in [3.63, 3.8) is 0 Å². The van der Waals surface area contributed by atoms with Crippen molar-refractivity contribution in [2.75, 3.05) is 19.6 Å². The van der Waals surface area contributed by atoms with E-state index in [0.29, 0.717) is 30.1 Å². The number of nitrogens with one attached hydrogen (secondary N) is 1. The molecule has 4 amide bonds. The smallest absolute Gasteiger partial charge is 0.324 e. The first-order chi connectivity index (χ1) is 10.1. The monoisotopic (exact) mass is 307 g/mol. The maximum Gasteiger partial charge on any atom is 0.324 e. The third-order valence-corrected chi connectivity index (χ3v) is 4.00. The molecule has 21 heavy (non-hydrogen) atoms. The Morgan fingerprint density at radius 2 is 2.14 bits per heavy atom. The average Bonchev–Trinajstić information content (AvgIpc) is 3.05. The van der Waals surface area contributed by atoms with E-state index in [-0.39, 0.29) is 30.4 Å². The second kappa shape index (κ2) is 5.37.